The number of nitrogens with zero attached hydrogens (tertiary/aromatic N) is 1. The number of ether oxygens (including phenoxy) is 1. The van der Waals surface area contributed by atoms with Crippen molar-refractivity contribution in [2.45, 2.75) is 46.7 Å². The lowest BCUT2D eigenvalue weighted by molar-refractivity contribution is 0.292. The van der Waals surface area contributed by atoms with E-state index >= 15 is 0 Å². The van der Waals surface area contributed by atoms with E-state index in [-0.39, 0.29) is 0 Å². The number of pyridine rings is 1. The van der Waals surface area contributed by atoms with E-state index in [0.717, 1.165) is 41.9 Å². The van der Waals surface area contributed by atoms with Crippen LogP contribution < -0.4 is 10.1 Å². The summed E-state index contributed by atoms with van der Waals surface area (Å²) < 4.78 is 6.01. The minimum atomic E-state index is 0.448. The van der Waals surface area contributed by atoms with Gasteiger partial charge < -0.3 is 10.1 Å². The highest BCUT2D eigenvalue weighted by Gasteiger charge is 2.07. The summed E-state index contributed by atoms with van der Waals surface area (Å²) in [6.07, 6.45) is 1.07. The van der Waals surface area contributed by atoms with E-state index in [4.69, 9.17) is 9.72 Å². The number of hydrogen-bond donors (Lipinski definition) is 1. The van der Waals surface area contributed by atoms with Crippen molar-refractivity contribution >= 4 is 10.9 Å². The lowest BCUT2D eigenvalue weighted by atomic mass is 10.1. The molecule has 2 rings (SSSR count). The van der Waals surface area contributed by atoms with Crippen LogP contribution in [0.4, 0.5) is 0 Å². The molecule has 114 valence electrons. The van der Waals surface area contributed by atoms with Crippen LogP contribution >= 0.6 is 0 Å². The molecule has 0 atom stereocenters. The van der Waals surface area contributed by atoms with Crippen LogP contribution in [0, 0.1) is 5.92 Å². The van der Waals surface area contributed by atoms with Crippen molar-refractivity contribution in [1.29, 1.82) is 0 Å². The van der Waals surface area contributed by atoms with Crippen LogP contribution in [0.25, 0.3) is 10.9 Å². The molecular weight excluding hydrogens is 260 g/mol. The maximum Gasteiger partial charge on any atom is 0.130 e. The standard InChI is InChI=1S/C18H26N2O/c1-13(2)9-10-21-18-11-15(12-19-14(3)4)20-17-8-6-5-7-16(17)18/h5-8,11,13-14,19H,9-10,12H2,1-4H3. The summed E-state index contributed by atoms with van der Waals surface area (Å²) >= 11 is 0. The van der Waals surface area contributed by atoms with Crippen LogP contribution in [0.2, 0.25) is 0 Å². The van der Waals surface area contributed by atoms with E-state index in [2.05, 4.69) is 45.1 Å². The van der Waals surface area contributed by atoms with Crippen molar-refractivity contribution in [3.05, 3.63) is 36.0 Å². The topological polar surface area (TPSA) is 34.1 Å². The minimum Gasteiger partial charge on any atom is -0.493 e. The van der Waals surface area contributed by atoms with Gasteiger partial charge in [-0.05, 0) is 24.5 Å². The Kier molecular flexibility index (Phi) is 5.57. The fraction of sp³-hybridized carbons (Fsp3) is 0.500. The van der Waals surface area contributed by atoms with Gasteiger partial charge in [-0.1, -0.05) is 39.8 Å². The minimum absolute atomic E-state index is 0.448. The van der Waals surface area contributed by atoms with Gasteiger partial charge in [0.25, 0.3) is 0 Å². The molecule has 0 bridgehead atoms. The summed E-state index contributed by atoms with van der Waals surface area (Å²) in [7, 11) is 0. The molecule has 0 radical (unpaired) electrons. The quantitative estimate of drug-likeness (QED) is 0.830. The lowest BCUT2D eigenvalue weighted by Gasteiger charge is -2.13. The summed E-state index contributed by atoms with van der Waals surface area (Å²) in [5.74, 6) is 1.60. The van der Waals surface area contributed by atoms with Crippen LogP contribution in [0.3, 0.4) is 0 Å². The first-order valence-electron chi connectivity index (χ1n) is 7.81. The first-order chi connectivity index (χ1) is 10.1. The van der Waals surface area contributed by atoms with E-state index in [9.17, 15) is 0 Å². The van der Waals surface area contributed by atoms with E-state index in [1.165, 1.54) is 0 Å². The first kappa shape index (κ1) is 15.8. The second-order valence-corrected chi connectivity index (χ2v) is 6.20. The van der Waals surface area contributed by atoms with Crippen LogP contribution in [0.1, 0.15) is 39.8 Å². The van der Waals surface area contributed by atoms with Crippen LogP contribution in [0.5, 0.6) is 5.75 Å². The molecule has 0 saturated heterocycles. The maximum atomic E-state index is 6.01. The predicted molar refractivity (Wildman–Crippen MR) is 88.7 cm³/mol. The largest absolute Gasteiger partial charge is 0.493 e. The number of aromatic nitrogens is 1. The smallest absolute Gasteiger partial charge is 0.130 e. The van der Waals surface area contributed by atoms with Crippen LogP contribution in [-0.4, -0.2) is 17.6 Å². The molecule has 1 heterocycles. The van der Waals surface area contributed by atoms with Crippen molar-refractivity contribution in [3.8, 4) is 5.75 Å². The van der Waals surface area contributed by atoms with Crippen LogP contribution in [0.15, 0.2) is 30.3 Å². The molecule has 2 aromatic rings. The third-order valence-electron chi connectivity index (χ3n) is 3.38. The summed E-state index contributed by atoms with van der Waals surface area (Å²) in [4.78, 5) is 4.71. The Bertz CT molecular complexity index is 578. The summed E-state index contributed by atoms with van der Waals surface area (Å²) in [6.45, 7) is 10.2. The van der Waals surface area contributed by atoms with Gasteiger partial charge in [0.05, 0.1) is 17.8 Å². The monoisotopic (exact) mass is 286 g/mol. The Morgan fingerprint density at radius 3 is 2.62 bits per heavy atom. The molecular formula is C18H26N2O. The Morgan fingerprint density at radius 1 is 1.14 bits per heavy atom. The summed E-state index contributed by atoms with van der Waals surface area (Å²) in [6, 6.07) is 10.7. The molecule has 1 N–H and O–H groups in total. The Hall–Kier alpha value is -1.61. The van der Waals surface area contributed by atoms with Crippen molar-refractivity contribution in [2.75, 3.05) is 6.61 Å². The molecule has 0 aliphatic heterocycles. The number of para-hydroxylation sites is 1. The zero-order valence-corrected chi connectivity index (χ0v) is 13.5. The van der Waals surface area contributed by atoms with E-state index in [1.54, 1.807) is 0 Å². The van der Waals surface area contributed by atoms with Gasteiger partial charge in [-0.25, -0.2) is 0 Å². The Labute approximate surface area is 127 Å². The first-order valence-corrected chi connectivity index (χ1v) is 7.81. The van der Waals surface area contributed by atoms with Crippen LogP contribution in [-0.2, 0) is 6.54 Å². The van der Waals surface area contributed by atoms with Crippen molar-refractivity contribution in [1.82, 2.24) is 10.3 Å². The molecule has 3 nitrogen and oxygen atoms in total. The second-order valence-electron chi connectivity index (χ2n) is 6.20. The highest BCUT2D eigenvalue weighted by Crippen LogP contribution is 2.25. The number of fused-ring (bicyclic) bond motifs is 1. The number of rotatable bonds is 7. The molecule has 1 aromatic heterocycles. The average molecular weight is 286 g/mol. The molecule has 0 saturated carbocycles. The lowest BCUT2D eigenvalue weighted by Crippen LogP contribution is -2.22. The summed E-state index contributed by atoms with van der Waals surface area (Å²) in [5, 5.41) is 4.50. The third kappa shape index (κ3) is 4.71. The van der Waals surface area contributed by atoms with E-state index in [1.807, 2.05) is 18.2 Å². The van der Waals surface area contributed by atoms with E-state index < -0.39 is 0 Å². The Balaban J connectivity index is 2.22. The molecule has 0 spiro atoms. The highest BCUT2D eigenvalue weighted by atomic mass is 16.5. The van der Waals surface area contributed by atoms with Gasteiger partial charge in [-0.2, -0.15) is 0 Å². The summed E-state index contributed by atoms with van der Waals surface area (Å²) in [5.41, 5.74) is 2.03. The zero-order valence-electron chi connectivity index (χ0n) is 13.5. The maximum absolute atomic E-state index is 6.01. The van der Waals surface area contributed by atoms with Gasteiger partial charge in [0, 0.05) is 24.0 Å². The number of benzene rings is 1. The van der Waals surface area contributed by atoms with Crippen molar-refractivity contribution < 1.29 is 4.74 Å². The normalized spacial score (nSPS) is 11.5. The number of nitrogens with one attached hydrogen (secondary N) is 1. The predicted octanol–water partition coefficient (Wildman–Crippen LogP) is 4.16. The van der Waals surface area contributed by atoms with E-state index in [0.29, 0.717) is 12.0 Å². The fourth-order valence-corrected chi connectivity index (χ4v) is 2.12. The van der Waals surface area contributed by atoms with Gasteiger partial charge in [0.15, 0.2) is 0 Å². The number of hydrogen-bond acceptors (Lipinski definition) is 3. The SMILES string of the molecule is CC(C)CCOc1cc(CNC(C)C)nc2ccccc12. The average Bonchev–Trinajstić information content (AvgIpc) is 2.44. The Morgan fingerprint density at radius 2 is 1.90 bits per heavy atom. The zero-order chi connectivity index (χ0) is 15.2. The molecule has 1 aromatic carbocycles. The van der Waals surface area contributed by atoms with Crippen molar-refractivity contribution in [3.63, 3.8) is 0 Å². The molecule has 3 heteroatoms. The van der Waals surface area contributed by atoms with Gasteiger partial charge in [-0.3, -0.25) is 4.98 Å². The van der Waals surface area contributed by atoms with Gasteiger partial charge in [0.1, 0.15) is 5.75 Å². The molecule has 0 amide bonds. The molecule has 0 fully saturated rings. The highest BCUT2D eigenvalue weighted by molar-refractivity contribution is 5.85. The molecule has 0 aliphatic carbocycles. The van der Waals surface area contributed by atoms with Crippen molar-refractivity contribution in [2.24, 2.45) is 5.92 Å². The van der Waals surface area contributed by atoms with Gasteiger partial charge in [-0.15, -0.1) is 0 Å². The molecule has 0 aliphatic rings. The fourth-order valence-electron chi connectivity index (χ4n) is 2.12. The third-order valence-corrected chi connectivity index (χ3v) is 3.38. The molecule has 0 unspecified atom stereocenters. The molecule has 21 heavy (non-hydrogen) atoms. The van der Waals surface area contributed by atoms with Gasteiger partial charge >= 0.3 is 0 Å². The second kappa shape index (κ2) is 7.41. The van der Waals surface area contributed by atoms with Gasteiger partial charge in [0.2, 0.25) is 0 Å².